The van der Waals surface area contributed by atoms with E-state index in [1.807, 2.05) is 6.07 Å². The van der Waals surface area contributed by atoms with Crippen molar-refractivity contribution in [1.29, 1.82) is 0 Å². The van der Waals surface area contributed by atoms with Crippen LogP contribution in [0.25, 0.3) is 0 Å². The molecule has 0 saturated carbocycles. The number of phenolic OH excluding ortho intramolecular Hbond substituents is 2. The van der Waals surface area contributed by atoms with E-state index in [-0.39, 0.29) is 73.4 Å². The number of aliphatic hydroxyl groups excluding tert-OH is 4. The molecule has 740 valence electrons. The number of unbranched alkanes of at least 4 members (excludes halogenated alkanes) is 1. The first-order valence-electron chi connectivity index (χ1n) is 43.8. The lowest BCUT2D eigenvalue weighted by molar-refractivity contribution is -0.142. The van der Waals surface area contributed by atoms with Crippen LogP contribution in [0.5, 0.6) is 11.5 Å². The molecule has 1 aromatic heterocycles. The van der Waals surface area contributed by atoms with E-state index in [1.165, 1.54) is 72.5 Å². The Balaban J connectivity index is 1.28. The Kier molecular flexibility index (Phi) is 47.4. The number of pyridine rings is 1. The lowest BCUT2D eigenvalue weighted by Crippen LogP contribution is -2.63. The first-order chi connectivity index (χ1) is 63.9. The fourth-order valence-corrected chi connectivity index (χ4v) is 14.4. The predicted molar refractivity (Wildman–Crippen MR) is 484 cm³/mol. The lowest BCUT2D eigenvalue weighted by Gasteiger charge is -2.30. The summed E-state index contributed by atoms with van der Waals surface area (Å²) in [6, 6.07) is -0.716. The van der Waals surface area contributed by atoms with Gasteiger partial charge in [0.15, 0.2) is 0 Å². The minimum atomic E-state index is -2.23. The van der Waals surface area contributed by atoms with Gasteiger partial charge in [0.1, 0.15) is 89.8 Å². The number of amides is 16. The number of carboxylic acids is 3. The Morgan fingerprint density at radius 1 is 0.437 bits per heavy atom. The lowest BCUT2D eigenvalue weighted by atomic mass is 9.96. The van der Waals surface area contributed by atoms with E-state index in [2.05, 4.69) is 84.7 Å². The zero-order chi connectivity index (χ0) is 100. The van der Waals surface area contributed by atoms with E-state index < -0.39 is 267 Å². The molecule has 16 atom stereocenters. The number of aliphatic carboxylic acids is 3. The van der Waals surface area contributed by atoms with Crippen LogP contribution in [0.3, 0.4) is 0 Å². The highest BCUT2D eigenvalue weighted by Gasteiger charge is 2.41. The number of nitrogens with zero attached hydrogens (tertiary/aromatic N) is 2. The van der Waals surface area contributed by atoms with Crippen LogP contribution >= 0.6 is 11.8 Å². The Hall–Kier alpha value is -13.5. The zero-order valence-corrected chi connectivity index (χ0v) is 76.6. The molecule has 26 N–H and O–H groups in total. The molecule has 1 aliphatic heterocycles. The Morgan fingerprint density at radius 2 is 0.874 bits per heavy atom. The van der Waals surface area contributed by atoms with Crippen molar-refractivity contribution in [3.63, 3.8) is 0 Å². The molecule has 0 fully saturated rings. The molecule has 0 aliphatic carbocycles. The topological polar surface area (TPSA) is 729 Å². The Bertz CT molecular complexity index is 4730. The summed E-state index contributed by atoms with van der Waals surface area (Å²) in [6.07, 6.45) is -4.07. The van der Waals surface area contributed by atoms with E-state index in [4.69, 9.17) is 5.73 Å². The van der Waals surface area contributed by atoms with Gasteiger partial charge in [-0.3, -0.25) is 96.0 Å². The van der Waals surface area contributed by atoms with E-state index in [0.29, 0.717) is 49.2 Å². The van der Waals surface area contributed by atoms with Gasteiger partial charge in [-0.15, -0.1) is 11.8 Å². The van der Waals surface area contributed by atoms with Gasteiger partial charge in [0, 0.05) is 57.4 Å². The van der Waals surface area contributed by atoms with Crippen molar-refractivity contribution in [2.45, 2.75) is 229 Å². The number of aromatic hydroxyl groups is 2. The third-order valence-electron chi connectivity index (χ3n) is 21.2. The number of nitrogens with one attached hydrogen (secondary N) is 15. The molecule has 4 aromatic rings. The average molecular weight is 1910 g/mol. The van der Waals surface area contributed by atoms with Crippen LogP contribution in [0, 0.1) is 11.8 Å². The summed E-state index contributed by atoms with van der Waals surface area (Å²) < 4.78 is 0. The summed E-state index contributed by atoms with van der Waals surface area (Å²) in [4.78, 5) is 264. The number of phenols is 2. The van der Waals surface area contributed by atoms with Crippen LogP contribution < -0.4 is 90.4 Å². The van der Waals surface area contributed by atoms with Crippen molar-refractivity contribution in [3.05, 3.63) is 119 Å². The molecule has 16 amide bonds. The smallest absolute Gasteiger partial charge is 0.305 e. The number of aryl methyl sites for hydroxylation is 1. The number of carboxylic acid groups (broad SMARTS) is 3. The zero-order valence-electron chi connectivity index (χ0n) is 75.8. The maximum atomic E-state index is 14.7. The van der Waals surface area contributed by atoms with Gasteiger partial charge in [-0.25, -0.2) is 4.98 Å². The summed E-state index contributed by atoms with van der Waals surface area (Å²) in [5, 5.41) is 128. The number of fused-ring (bicyclic) bond motifs is 1. The summed E-state index contributed by atoms with van der Waals surface area (Å²) in [7, 11) is 0. The van der Waals surface area contributed by atoms with E-state index >= 15 is 0 Å². The molecular weight excluding hydrogens is 1790 g/mol. The first kappa shape index (κ1) is 112. The second-order valence-electron chi connectivity index (χ2n) is 32.8. The fourth-order valence-electron chi connectivity index (χ4n) is 13.7. The molecule has 1 aliphatic rings. The molecule has 0 spiro atoms. The molecular formula is C88H124N18O28S. The maximum absolute atomic E-state index is 14.7. The second kappa shape index (κ2) is 57.2. The van der Waals surface area contributed by atoms with Gasteiger partial charge >= 0.3 is 17.9 Å². The largest absolute Gasteiger partial charge is 0.508 e. The number of rotatable bonds is 59. The average Bonchev–Trinajstić information content (AvgIpc) is 0.818. The molecule has 135 heavy (non-hydrogen) atoms. The molecule has 0 bridgehead atoms. The van der Waals surface area contributed by atoms with E-state index in [1.54, 1.807) is 58.2 Å². The number of anilines is 1. The van der Waals surface area contributed by atoms with Crippen LogP contribution in [0.4, 0.5) is 5.82 Å². The van der Waals surface area contributed by atoms with E-state index in [0.717, 1.165) is 31.2 Å². The van der Waals surface area contributed by atoms with Crippen molar-refractivity contribution in [1.82, 2.24) is 84.7 Å². The van der Waals surface area contributed by atoms with Crippen LogP contribution in [0.2, 0.25) is 0 Å². The van der Waals surface area contributed by atoms with Gasteiger partial charge < -0.3 is 131 Å². The van der Waals surface area contributed by atoms with Crippen LogP contribution in [-0.2, 0) is 117 Å². The standard InChI is InChI=1S/C88H124N18O28S/c1-8-47(4)73(86(132)99-60(38-53-21-26-56(112)27-22-53)80(126)95-58(35-46(2)3)79(125)97-62(39-71(119)120)78(124)93-48(5)15-12-13-31-89)104-85(131)65(43-108)101-81(127)59(37-52-19-24-55(111)25-20-52)96-82(128)63(40-72(121)122)98-84(130)64(42-107)102-88(134)75(50(7)110)105-83(129)61(36-51-16-10-9-11-17-51)100-87(133)74(49(6)109)103-66(113)41-92-77(123)57(28-30-70(117)118)94-68(115)45-135-44-67(114)90-33-34-106-69(116)29-23-54-18-14-32-91-76(54)106/h9-11,14,16-22,24-27,32,46-50,57-65,73-75,107-112H,8,12-13,15,23,28-31,33-45,89H2,1-7H3,(H,90,114)(H,92,123)(H,93,124)(H,94,115)(H,95,126)(H,96,128)(H,97,125)(H,98,130)(H,99,132)(H,100,133)(H,101,127)(H,102,134)(H,103,113)(H,104,131)(H,105,129)(H,117,118)(H,119,120)(H,121,122)/t47-,48+,49+,50+,57-,58-,59-,60-,61-,62-,63-,64-,65-,73-,74-,75-/m0/s1. The fraction of sp³-hybridized carbons (Fsp3) is 0.523. The van der Waals surface area contributed by atoms with E-state index in [9.17, 15) is 137 Å². The van der Waals surface area contributed by atoms with Crippen molar-refractivity contribution in [2.24, 2.45) is 17.6 Å². The summed E-state index contributed by atoms with van der Waals surface area (Å²) in [5.74, 6) is -23.2. The number of aromatic nitrogens is 1. The highest BCUT2D eigenvalue weighted by Crippen LogP contribution is 2.25. The number of benzene rings is 3. The number of hydrogen-bond acceptors (Lipinski definition) is 28. The predicted octanol–water partition coefficient (Wildman–Crippen LogP) is -5.43. The minimum Gasteiger partial charge on any atom is -0.508 e. The number of aliphatic hydroxyl groups is 4. The van der Waals surface area contributed by atoms with Crippen LogP contribution in [-0.4, -0.2) is 305 Å². The molecule has 0 radical (unpaired) electrons. The van der Waals surface area contributed by atoms with Gasteiger partial charge in [0.2, 0.25) is 94.5 Å². The van der Waals surface area contributed by atoms with Gasteiger partial charge in [0.05, 0.1) is 56.3 Å². The quantitative estimate of drug-likeness (QED) is 0.0183. The summed E-state index contributed by atoms with van der Waals surface area (Å²) in [6.45, 7) is 7.37. The Morgan fingerprint density at radius 3 is 1.38 bits per heavy atom. The highest BCUT2D eigenvalue weighted by atomic mass is 32.2. The van der Waals surface area contributed by atoms with Gasteiger partial charge in [-0.1, -0.05) is 101 Å². The van der Waals surface area contributed by atoms with Gasteiger partial charge in [0.25, 0.3) is 0 Å². The summed E-state index contributed by atoms with van der Waals surface area (Å²) in [5.41, 5.74) is 7.37. The van der Waals surface area contributed by atoms with Crippen molar-refractivity contribution in [2.75, 3.05) is 55.8 Å². The monoisotopic (exact) mass is 1910 g/mol. The molecule has 0 saturated heterocycles. The van der Waals surface area contributed by atoms with Gasteiger partial charge in [-0.05, 0) is 124 Å². The number of thioether (sulfide) groups is 1. The number of carbonyl (C=O) groups is 19. The number of carbonyl (C=O) groups excluding carboxylic acids is 16. The highest BCUT2D eigenvalue weighted by molar-refractivity contribution is 8.00. The minimum absolute atomic E-state index is 0.0576. The van der Waals surface area contributed by atoms with Gasteiger partial charge in [-0.2, -0.15) is 0 Å². The normalized spacial score (nSPS) is 15.2. The molecule has 47 heteroatoms. The molecule has 3 aromatic carbocycles. The third-order valence-corrected chi connectivity index (χ3v) is 22.2. The molecule has 46 nitrogen and oxygen atoms in total. The number of hydrogen-bond donors (Lipinski definition) is 25. The number of nitrogens with two attached hydrogens (primary N) is 1. The molecule has 0 unspecified atom stereocenters. The Labute approximate surface area is 781 Å². The maximum Gasteiger partial charge on any atom is 0.305 e. The van der Waals surface area contributed by atoms with Crippen LogP contribution in [0.15, 0.2) is 97.2 Å². The summed E-state index contributed by atoms with van der Waals surface area (Å²) >= 11 is 0.842. The third kappa shape index (κ3) is 39.3. The van der Waals surface area contributed by atoms with Crippen molar-refractivity contribution in [3.8, 4) is 11.5 Å². The molecule has 5 rings (SSSR count). The SMILES string of the molecule is CC[C@H](C)[C@H](NC(=O)[C@H](CO)NC(=O)[C@H](Cc1ccc(O)cc1)NC(=O)[C@H](CC(=O)O)NC(=O)[C@H](CO)NC(=O)[C@@H](NC(=O)[C@H](Cc1ccccc1)NC(=O)[C@@H](NC(=O)CNC(=O)[C@H](CCC(=O)O)NC(=O)CSCC(=O)NCCN1C(=O)CCc2cccnc21)[C@@H](C)O)[C@@H](C)O)C(=O)N[C@@H](Cc1ccc(O)cc1)C(=O)N[C@@H](CC(C)C)C(=O)N[C@@H](CC(=O)O)C(=O)N[C@H](C)CCCCN. The first-order valence-corrected chi connectivity index (χ1v) is 44.9. The second-order valence-corrected chi connectivity index (χ2v) is 33.8. The van der Waals surface area contributed by atoms with Crippen LogP contribution in [0.1, 0.15) is 135 Å². The van der Waals surface area contributed by atoms with Crippen molar-refractivity contribution < 1.29 is 137 Å². The van der Waals surface area contributed by atoms with Crippen molar-refractivity contribution >= 4 is 130 Å². The molecule has 2 heterocycles.